The van der Waals surface area contributed by atoms with Crippen molar-refractivity contribution in [3.8, 4) is 0 Å². The molecule has 0 saturated heterocycles. The fourth-order valence-corrected chi connectivity index (χ4v) is 3.48. The molecule has 2 heterocycles. The van der Waals surface area contributed by atoms with Gasteiger partial charge >= 0.3 is 5.97 Å². The summed E-state index contributed by atoms with van der Waals surface area (Å²) in [6.07, 6.45) is 3.86. The van der Waals surface area contributed by atoms with Crippen molar-refractivity contribution >= 4 is 50.1 Å². The quantitative estimate of drug-likeness (QED) is 0.656. The van der Waals surface area contributed by atoms with Gasteiger partial charge in [-0.3, -0.25) is 14.3 Å². The molecule has 0 spiro atoms. The van der Waals surface area contributed by atoms with Crippen LogP contribution in [-0.4, -0.2) is 34.2 Å². The summed E-state index contributed by atoms with van der Waals surface area (Å²) < 4.78 is 7.31. The predicted octanol–water partition coefficient (Wildman–Crippen LogP) is 2.32. The fraction of sp³-hybridized carbons (Fsp3) is 0.333. The minimum absolute atomic E-state index is 0.0437. The number of halogens is 1. The van der Waals surface area contributed by atoms with E-state index < -0.39 is 17.8 Å². The Balaban J connectivity index is 2.25. The summed E-state index contributed by atoms with van der Waals surface area (Å²) in [5.74, 6) is -1.65. The second kappa shape index (κ2) is 8.26. The molecule has 0 unspecified atom stereocenters. The van der Waals surface area contributed by atoms with Gasteiger partial charge in [-0.2, -0.15) is 5.10 Å². The van der Waals surface area contributed by atoms with Gasteiger partial charge in [-0.05, 0) is 34.8 Å². The summed E-state index contributed by atoms with van der Waals surface area (Å²) >= 11 is 4.20. The molecule has 0 saturated carbocycles. The fourth-order valence-electron chi connectivity index (χ4n) is 2.09. The zero-order valence-corrected chi connectivity index (χ0v) is 16.1. The van der Waals surface area contributed by atoms with Gasteiger partial charge in [0.05, 0.1) is 27.7 Å². The van der Waals surface area contributed by atoms with Gasteiger partial charge in [-0.15, -0.1) is 11.3 Å². The highest BCUT2D eigenvalue weighted by atomic mass is 79.9. The van der Waals surface area contributed by atoms with Crippen molar-refractivity contribution in [2.24, 2.45) is 5.73 Å². The van der Waals surface area contributed by atoms with E-state index in [1.54, 1.807) is 19.3 Å². The van der Waals surface area contributed by atoms with Crippen molar-refractivity contribution in [2.75, 3.05) is 11.9 Å². The van der Waals surface area contributed by atoms with Gasteiger partial charge in [0.15, 0.2) is 0 Å². The van der Waals surface area contributed by atoms with E-state index in [2.05, 4.69) is 26.3 Å². The molecule has 134 valence electrons. The molecule has 0 radical (unpaired) electrons. The number of aromatic nitrogens is 2. The monoisotopic (exact) mass is 428 g/mol. The molecular formula is C15H17BrN4O4S. The molecule has 0 bridgehead atoms. The van der Waals surface area contributed by atoms with Crippen LogP contribution in [0, 0.1) is 6.92 Å². The van der Waals surface area contributed by atoms with Crippen molar-refractivity contribution in [1.29, 1.82) is 0 Å². The van der Waals surface area contributed by atoms with Gasteiger partial charge in [0, 0.05) is 6.20 Å². The minimum atomic E-state index is -0.663. The lowest BCUT2D eigenvalue weighted by Crippen LogP contribution is -2.20. The number of nitrogens with zero attached hydrogens (tertiary/aromatic N) is 2. The Morgan fingerprint density at radius 3 is 2.72 bits per heavy atom. The number of carbonyl (C=O) groups excluding carboxylic acids is 3. The maximum atomic E-state index is 12.3. The van der Waals surface area contributed by atoms with E-state index in [0.29, 0.717) is 12.0 Å². The highest BCUT2D eigenvalue weighted by molar-refractivity contribution is 9.10. The number of hydrogen-bond acceptors (Lipinski definition) is 6. The molecule has 0 fully saturated rings. The van der Waals surface area contributed by atoms with E-state index in [9.17, 15) is 14.4 Å². The predicted molar refractivity (Wildman–Crippen MR) is 96.7 cm³/mol. The lowest BCUT2D eigenvalue weighted by atomic mass is 10.1. The number of primary amides is 1. The van der Waals surface area contributed by atoms with Crippen molar-refractivity contribution in [3.63, 3.8) is 0 Å². The number of nitrogens with two attached hydrogens (primary N) is 1. The van der Waals surface area contributed by atoms with Crippen LogP contribution in [0.3, 0.4) is 0 Å². The molecule has 2 rings (SSSR count). The van der Waals surface area contributed by atoms with Crippen LogP contribution in [0.25, 0.3) is 0 Å². The summed E-state index contributed by atoms with van der Waals surface area (Å²) in [7, 11) is 0. The molecule has 0 aliphatic carbocycles. The topological polar surface area (TPSA) is 116 Å². The molecule has 3 N–H and O–H groups in total. The summed E-state index contributed by atoms with van der Waals surface area (Å²) in [6, 6.07) is 0. The van der Waals surface area contributed by atoms with Crippen LogP contribution in [0.5, 0.6) is 0 Å². The number of anilines is 1. The number of nitrogens with one attached hydrogen (secondary N) is 1. The third kappa shape index (κ3) is 4.67. The number of ether oxygens (including phenoxy) is 1. The summed E-state index contributed by atoms with van der Waals surface area (Å²) in [6.45, 7) is 3.67. The average Bonchev–Trinajstić information content (AvgIpc) is 3.08. The lowest BCUT2D eigenvalue weighted by Gasteiger charge is -2.07. The van der Waals surface area contributed by atoms with Gasteiger partial charge in [-0.25, -0.2) is 4.79 Å². The number of thiophene rings is 1. The highest BCUT2D eigenvalue weighted by Crippen LogP contribution is 2.33. The molecule has 0 aliphatic rings. The maximum absolute atomic E-state index is 12.3. The number of hydrogen-bond donors (Lipinski definition) is 2. The van der Waals surface area contributed by atoms with Crippen LogP contribution in [-0.2, 0) is 16.1 Å². The molecule has 2 aromatic rings. The third-order valence-corrected chi connectivity index (χ3v) is 4.80. The largest absolute Gasteiger partial charge is 0.462 e. The SMILES string of the molecule is CCCOC(=O)c1c(NC(=O)Cn2cc(Br)cn2)sc(C(N)=O)c1C. The normalized spacial score (nSPS) is 10.5. The average molecular weight is 429 g/mol. The van der Waals surface area contributed by atoms with Crippen molar-refractivity contribution in [3.05, 3.63) is 32.9 Å². The molecule has 0 aliphatic heterocycles. The first-order valence-electron chi connectivity index (χ1n) is 7.41. The zero-order valence-electron chi connectivity index (χ0n) is 13.7. The van der Waals surface area contributed by atoms with Gasteiger partial charge in [-0.1, -0.05) is 6.92 Å². The minimum Gasteiger partial charge on any atom is -0.462 e. The van der Waals surface area contributed by atoms with Gasteiger partial charge in [0.25, 0.3) is 5.91 Å². The Morgan fingerprint density at radius 1 is 1.44 bits per heavy atom. The Hall–Kier alpha value is -2.20. The van der Waals surface area contributed by atoms with Crippen LogP contribution in [0.2, 0.25) is 0 Å². The molecule has 0 aromatic carbocycles. The summed E-state index contributed by atoms with van der Waals surface area (Å²) in [4.78, 5) is 36.3. The Kier molecular flexibility index (Phi) is 6.32. The van der Waals surface area contributed by atoms with Crippen LogP contribution < -0.4 is 11.1 Å². The first-order chi connectivity index (χ1) is 11.8. The summed E-state index contributed by atoms with van der Waals surface area (Å²) in [5.41, 5.74) is 5.90. The Bertz CT molecular complexity index is 815. The van der Waals surface area contributed by atoms with E-state index in [1.165, 1.54) is 4.68 Å². The number of rotatable bonds is 7. The molecule has 0 atom stereocenters. The second-order valence-electron chi connectivity index (χ2n) is 5.16. The molecule has 10 heteroatoms. The summed E-state index contributed by atoms with van der Waals surface area (Å²) in [5, 5.41) is 6.87. The molecule has 8 nitrogen and oxygen atoms in total. The number of amides is 2. The zero-order chi connectivity index (χ0) is 18.6. The number of esters is 1. The van der Waals surface area contributed by atoms with Crippen molar-refractivity contribution in [1.82, 2.24) is 9.78 Å². The molecule has 25 heavy (non-hydrogen) atoms. The third-order valence-electron chi connectivity index (χ3n) is 3.17. The Labute approximate surface area is 156 Å². The first kappa shape index (κ1) is 19.1. The van der Waals surface area contributed by atoms with E-state index in [1.807, 2.05) is 6.92 Å². The van der Waals surface area contributed by atoms with E-state index in [4.69, 9.17) is 10.5 Å². The van der Waals surface area contributed by atoms with Crippen LogP contribution >= 0.6 is 27.3 Å². The highest BCUT2D eigenvalue weighted by Gasteiger charge is 2.25. The van der Waals surface area contributed by atoms with Crippen LogP contribution in [0.1, 0.15) is 38.9 Å². The van der Waals surface area contributed by atoms with E-state index in [-0.39, 0.29) is 28.6 Å². The first-order valence-corrected chi connectivity index (χ1v) is 9.02. The van der Waals surface area contributed by atoms with Crippen LogP contribution in [0.15, 0.2) is 16.9 Å². The van der Waals surface area contributed by atoms with E-state index in [0.717, 1.165) is 15.8 Å². The molecular weight excluding hydrogens is 412 g/mol. The second-order valence-corrected chi connectivity index (χ2v) is 7.10. The Morgan fingerprint density at radius 2 is 2.16 bits per heavy atom. The van der Waals surface area contributed by atoms with Gasteiger partial charge < -0.3 is 15.8 Å². The van der Waals surface area contributed by atoms with Gasteiger partial charge in [0.2, 0.25) is 5.91 Å². The molecule has 2 aromatic heterocycles. The standard InChI is InChI=1S/C15H17BrN4O4S/c1-3-4-24-15(23)11-8(2)12(13(17)22)25-14(11)19-10(21)7-20-6-9(16)5-18-20/h5-6H,3-4,7H2,1-2H3,(H2,17,22)(H,19,21). The van der Waals surface area contributed by atoms with Crippen molar-refractivity contribution in [2.45, 2.75) is 26.8 Å². The van der Waals surface area contributed by atoms with Crippen LogP contribution in [0.4, 0.5) is 5.00 Å². The molecule has 2 amide bonds. The maximum Gasteiger partial charge on any atom is 0.341 e. The van der Waals surface area contributed by atoms with Gasteiger partial charge in [0.1, 0.15) is 11.5 Å². The number of carbonyl (C=O) groups is 3. The lowest BCUT2D eigenvalue weighted by molar-refractivity contribution is -0.116. The smallest absolute Gasteiger partial charge is 0.341 e. The van der Waals surface area contributed by atoms with E-state index >= 15 is 0 Å². The van der Waals surface area contributed by atoms with Crippen molar-refractivity contribution < 1.29 is 19.1 Å².